The van der Waals surface area contributed by atoms with Gasteiger partial charge in [-0.15, -0.1) is 0 Å². The number of ether oxygens (including phenoxy) is 2. The molecule has 2 amide bonds. The lowest BCUT2D eigenvalue weighted by atomic mass is 10.1. The zero-order valence-electron chi connectivity index (χ0n) is 16.6. The Kier molecular flexibility index (Phi) is 6.49. The normalized spacial score (nSPS) is 13.7. The average molecular weight is 396 g/mol. The fourth-order valence-electron chi connectivity index (χ4n) is 3.29. The number of nitrogens with one attached hydrogen (secondary N) is 1. The Hall–Kier alpha value is -3.35. The summed E-state index contributed by atoms with van der Waals surface area (Å²) in [6.45, 7) is 0.962. The molecule has 0 bridgehead atoms. The van der Waals surface area contributed by atoms with Crippen molar-refractivity contribution in [2.45, 2.75) is 25.8 Å². The molecule has 2 aromatic rings. The van der Waals surface area contributed by atoms with Crippen LogP contribution >= 0.6 is 0 Å². The average Bonchev–Trinajstić information content (AvgIpc) is 2.77. The van der Waals surface area contributed by atoms with E-state index in [9.17, 15) is 14.4 Å². The van der Waals surface area contributed by atoms with Crippen molar-refractivity contribution in [2.75, 3.05) is 25.7 Å². The summed E-state index contributed by atoms with van der Waals surface area (Å²) in [7, 11) is 2.78. The first kappa shape index (κ1) is 20.4. The van der Waals surface area contributed by atoms with Gasteiger partial charge in [0.15, 0.2) is 0 Å². The second-order valence-electron chi connectivity index (χ2n) is 6.76. The molecule has 1 heterocycles. The Bertz CT molecular complexity index is 908. The number of amides is 2. The van der Waals surface area contributed by atoms with Gasteiger partial charge in [-0.25, -0.2) is 4.79 Å². The summed E-state index contributed by atoms with van der Waals surface area (Å²) in [5.41, 5.74) is 2.36. The van der Waals surface area contributed by atoms with Gasteiger partial charge in [0.1, 0.15) is 11.3 Å². The summed E-state index contributed by atoms with van der Waals surface area (Å²) in [4.78, 5) is 38.1. The molecule has 0 aliphatic carbocycles. The van der Waals surface area contributed by atoms with Gasteiger partial charge in [-0.05, 0) is 54.8 Å². The summed E-state index contributed by atoms with van der Waals surface area (Å²) in [6.07, 6.45) is 2.49. The lowest BCUT2D eigenvalue weighted by molar-refractivity contribution is -0.119. The monoisotopic (exact) mass is 396 g/mol. The Morgan fingerprint density at radius 2 is 1.83 bits per heavy atom. The van der Waals surface area contributed by atoms with E-state index in [0.29, 0.717) is 29.8 Å². The van der Waals surface area contributed by atoms with Crippen LogP contribution < -0.4 is 15.0 Å². The molecule has 1 saturated heterocycles. The molecule has 2 aromatic carbocycles. The molecule has 0 saturated carbocycles. The number of carbonyl (C=O) groups excluding carboxylic acids is 3. The van der Waals surface area contributed by atoms with Crippen LogP contribution in [0.5, 0.6) is 5.75 Å². The number of hydrogen-bond donors (Lipinski definition) is 1. The van der Waals surface area contributed by atoms with Gasteiger partial charge in [0.05, 0.1) is 14.2 Å². The third-order valence-corrected chi connectivity index (χ3v) is 4.89. The SMILES string of the molecule is COC(=O)c1cc(CNC(=O)c2ccc(N3CCCCC3=O)cc2)ccc1OC. The molecule has 0 atom stereocenters. The summed E-state index contributed by atoms with van der Waals surface area (Å²) in [6, 6.07) is 12.1. The number of esters is 1. The molecule has 1 aliphatic rings. The fourth-order valence-corrected chi connectivity index (χ4v) is 3.29. The lowest BCUT2D eigenvalue weighted by Gasteiger charge is -2.26. The van der Waals surface area contributed by atoms with Crippen LogP contribution in [0.2, 0.25) is 0 Å². The number of piperidine rings is 1. The first-order valence-corrected chi connectivity index (χ1v) is 9.47. The largest absolute Gasteiger partial charge is 0.496 e. The Morgan fingerprint density at radius 1 is 1.07 bits per heavy atom. The molecule has 1 N–H and O–H groups in total. The van der Waals surface area contributed by atoms with Crippen LogP contribution in [0.15, 0.2) is 42.5 Å². The number of hydrogen-bond acceptors (Lipinski definition) is 5. The summed E-state index contributed by atoms with van der Waals surface area (Å²) in [5.74, 6) is -0.209. The van der Waals surface area contributed by atoms with Crippen molar-refractivity contribution in [3.63, 3.8) is 0 Å². The van der Waals surface area contributed by atoms with Gasteiger partial charge in [0.2, 0.25) is 5.91 Å². The van der Waals surface area contributed by atoms with Crippen molar-refractivity contribution in [1.82, 2.24) is 5.32 Å². The van der Waals surface area contributed by atoms with Crippen molar-refractivity contribution in [3.8, 4) is 5.75 Å². The van der Waals surface area contributed by atoms with E-state index in [4.69, 9.17) is 9.47 Å². The Morgan fingerprint density at radius 3 is 2.48 bits per heavy atom. The number of rotatable bonds is 6. The van der Waals surface area contributed by atoms with E-state index in [-0.39, 0.29) is 18.4 Å². The van der Waals surface area contributed by atoms with Crippen LogP contribution in [0, 0.1) is 0 Å². The first-order chi connectivity index (χ1) is 14.0. The Balaban J connectivity index is 1.65. The minimum absolute atomic E-state index is 0.120. The molecule has 0 unspecified atom stereocenters. The number of anilines is 1. The van der Waals surface area contributed by atoms with Crippen molar-refractivity contribution < 1.29 is 23.9 Å². The molecule has 7 nitrogen and oxygen atoms in total. The molecule has 29 heavy (non-hydrogen) atoms. The minimum atomic E-state index is -0.502. The summed E-state index contributed by atoms with van der Waals surface area (Å²) >= 11 is 0. The minimum Gasteiger partial charge on any atom is -0.496 e. The third kappa shape index (κ3) is 4.74. The highest BCUT2D eigenvalue weighted by Crippen LogP contribution is 2.22. The highest BCUT2D eigenvalue weighted by molar-refractivity contribution is 5.97. The van der Waals surface area contributed by atoms with Crippen molar-refractivity contribution in [1.29, 1.82) is 0 Å². The summed E-state index contributed by atoms with van der Waals surface area (Å²) < 4.78 is 9.93. The standard InChI is InChI=1S/C22H24N2O5/c1-28-19-11-6-15(13-18(19)22(27)29-2)14-23-21(26)16-7-9-17(10-8-16)24-12-4-3-5-20(24)25/h6-11,13H,3-5,12,14H2,1-2H3,(H,23,26). The topological polar surface area (TPSA) is 84.9 Å². The van der Waals surface area contributed by atoms with Gasteiger partial charge >= 0.3 is 5.97 Å². The van der Waals surface area contributed by atoms with Gasteiger partial charge < -0.3 is 19.7 Å². The highest BCUT2D eigenvalue weighted by Gasteiger charge is 2.20. The molecule has 1 aliphatic heterocycles. The van der Waals surface area contributed by atoms with Gasteiger partial charge in [-0.2, -0.15) is 0 Å². The van der Waals surface area contributed by atoms with Crippen molar-refractivity contribution in [3.05, 3.63) is 59.2 Å². The summed E-state index contributed by atoms with van der Waals surface area (Å²) in [5, 5.41) is 2.83. The Labute approximate surface area is 169 Å². The molecule has 1 fully saturated rings. The maximum absolute atomic E-state index is 12.5. The molecular weight excluding hydrogens is 372 g/mol. The van der Waals surface area contributed by atoms with Crippen LogP contribution in [-0.2, 0) is 16.1 Å². The number of methoxy groups -OCH3 is 2. The maximum Gasteiger partial charge on any atom is 0.341 e. The van der Waals surface area contributed by atoms with Crippen molar-refractivity contribution >= 4 is 23.5 Å². The molecule has 0 spiro atoms. The van der Waals surface area contributed by atoms with Gasteiger partial charge in [-0.3, -0.25) is 9.59 Å². The quantitative estimate of drug-likeness (QED) is 0.759. The van der Waals surface area contributed by atoms with Gasteiger partial charge in [0.25, 0.3) is 5.91 Å². The van der Waals surface area contributed by atoms with E-state index in [0.717, 1.165) is 24.1 Å². The number of carbonyl (C=O) groups is 3. The van der Waals surface area contributed by atoms with E-state index in [1.54, 1.807) is 47.4 Å². The van der Waals surface area contributed by atoms with Crippen LogP contribution in [-0.4, -0.2) is 38.5 Å². The second-order valence-corrected chi connectivity index (χ2v) is 6.76. The zero-order chi connectivity index (χ0) is 20.8. The second kappa shape index (κ2) is 9.23. The van der Waals surface area contributed by atoms with Crippen LogP contribution in [0.4, 0.5) is 5.69 Å². The van der Waals surface area contributed by atoms with Crippen molar-refractivity contribution in [2.24, 2.45) is 0 Å². The van der Waals surface area contributed by atoms with Gasteiger partial charge in [-0.1, -0.05) is 6.07 Å². The fraction of sp³-hybridized carbons (Fsp3) is 0.318. The third-order valence-electron chi connectivity index (χ3n) is 4.89. The zero-order valence-corrected chi connectivity index (χ0v) is 16.6. The molecule has 0 aromatic heterocycles. The predicted octanol–water partition coefficient (Wildman–Crippen LogP) is 2.93. The number of nitrogens with zero attached hydrogens (tertiary/aromatic N) is 1. The molecule has 0 radical (unpaired) electrons. The van der Waals surface area contributed by atoms with E-state index in [1.165, 1.54) is 14.2 Å². The molecule has 152 valence electrons. The molecular formula is C22H24N2O5. The predicted molar refractivity (Wildman–Crippen MR) is 108 cm³/mol. The molecule has 7 heteroatoms. The maximum atomic E-state index is 12.5. The molecule has 3 rings (SSSR count). The van der Waals surface area contributed by atoms with Gasteiger partial charge in [0, 0.05) is 30.8 Å². The smallest absolute Gasteiger partial charge is 0.341 e. The highest BCUT2D eigenvalue weighted by atomic mass is 16.5. The van der Waals surface area contributed by atoms with E-state index < -0.39 is 5.97 Å². The van der Waals surface area contributed by atoms with E-state index in [2.05, 4.69) is 5.32 Å². The van der Waals surface area contributed by atoms with Crippen LogP contribution in [0.1, 0.15) is 45.5 Å². The van der Waals surface area contributed by atoms with E-state index >= 15 is 0 Å². The van der Waals surface area contributed by atoms with E-state index in [1.807, 2.05) is 0 Å². The van der Waals surface area contributed by atoms with Crippen LogP contribution in [0.3, 0.4) is 0 Å². The number of benzene rings is 2. The first-order valence-electron chi connectivity index (χ1n) is 9.47. The van der Waals surface area contributed by atoms with Crippen LogP contribution in [0.25, 0.3) is 0 Å². The lowest BCUT2D eigenvalue weighted by Crippen LogP contribution is -2.35.